The Balaban J connectivity index is 0. The van der Waals surface area contributed by atoms with Crippen LogP contribution in [0, 0.1) is 50.9 Å². The Bertz CT molecular complexity index is 481. The first-order valence-corrected chi connectivity index (χ1v) is 7.48. The van der Waals surface area contributed by atoms with Gasteiger partial charge in [0.15, 0.2) is 0 Å². The van der Waals surface area contributed by atoms with E-state index < -0.39 is 5.60 Å². The Morgan fingerprint density at radius 3 is 2.09 bits per heavy atom. The molecule has 0 radical (unpaired) electrons. The number of allylic oxidation sites excluding steroid dienone is 1. The van der Waals surface area contributed by atoms with Crippen molar-refractivity contribution < 1.29 is 40.6 Å². The van der Waals surface area contributed by atoms with Crippen molar-refractivity contribution in [3.8, 4) is 0 Å². The van der Waals surface area contributed by atoms with Crippen LogP contribution in [-0.4, -0.2) is 25.7 Å². The van der Waals surface area contributed by atoms with Gasteiger partial charge in [0.05, 0.1) is 5.56 Å². The number of anilines is 1. The van der Waals surface area contributed by atoms with Crippen LogP contribution in [0.25, 0.3) is 0 Å². The van der Waals surface area contributed by atoms with E-state index in [2.05, 4.69) is 13.8 Å². The molecule has 0 fully saturated rings. The van der Waals surface area contributed by atoms with Crippen LogP contribution >= 0.6 is 0 Å². The molecule has 0 heterocycles. The first-order chi connectivity index (χ1) is 10.3. The van der Waals surface area contributed by atoms with Gasteiger partial charge in [-0.05, 0) is 44.2 Å². The average Bonchev–Trinajstić information content (AvgIpc) is 2.49. The first kappa shape index (κ1) is 24.5. The Morgan fingerprint density at radius 1 is 1.26 bits per heavy atom. The molecule has 2 unspecified atom stereocenters. The van der Waals surface area contributed by atoms with Crippen LogP contribution in [0.1, 0.15) is 38.1 Å². The van der Waals surface area contributed by atoms with Gasteiger partial charge in [0.25, 0.3) is 0 Å². The number of nitrogens with zero attached hydrogens (tertiary/aromatic N) is 1. The van der Waals surface area contributed by atoms with Crippen LogP contribution in [0.3, 0.4) is 0 Å². The summed E-state index contributed by atoms with van der Waals surface area (Å²) in [6.45, 7) is 14.7. The number of carbonyl (C=O) groups is 1. The van der Waals surface area contributed by atoms with E-state index in [-0.39, 0.29) is 43.0 Å². The number of hydrogen-bond acceptors (Lipinski definition) is 3. The minimum atomic E-state index is -0.688. The molecule has 0 saturated carbocycles. The number of hydrogen-bond donors (Lipinski definition) is 0. The van der Waals surface area contributed by atoms with Crippen molar-refractivity contribution in [2.24, 2.45) is 5.92 Å². The van der Waals surface area contributed by atoms with E-state index in [0.717, 1.165) is 5.69 Å². The third-order valence-corrected chi connectivity index (χ3v) is 3.41. The number of carbonyl (C=O) groups excluding carboxylic acids is 1. The fourth-order valence-electron chi connectivity index (χ4n) is 1.78. The molecule has 0 spiro atoms. The van der Waals surface area contributed by atoms with Gasteiger partial charge in [-0.1, -0.05) is 13.0 Å². The van der Waals surface area contributed by atoms with Gasteiger partial charge in [-0.25, -0.2) is 4.79 Å². The zero-order valence-corrected chi connectivity index (χ0v) is 19.4. The van der Waals surface area contributed by atoms with Gasteiger partial charge in [0.2, 0.25) is 0 Å². The average molecular weight is 541 g/mol. The molecule has 3 nitrogen and oxygen atoms in total. The number of ether oxygens (including phenoxy) is 1. The molecule has 23 heavy (non-hydrogen) atoms. The van der Waals surface area contributed by atoms with Gasteiger partial charge in [-0.3, -0.25) is 0 Å². The van der Waals surface area contributed by atoms with Gasteiger partial charge < -0.3 is 23.5 Å². The molecule has 0 aliphatic heterocycles. The minimum Gasteiger partial charge on any atom is -0.454 e. The van der Waals surface area contributed by atoms with Crippen LogP contribution in [0.4, 0.5) is 5.69 Å². The summed E-state index contributed by atoms with van der Waals surface area (Å²) in [6, 6.07) is 7.36. The van der Waals surface area contributed by atoms with Gasteiger partial charge in [-0.15, -0.1) is 5.92 Å². The molecule has 1 aromatic carbocycles. The Hall–Kier alpha value is -0.718. The van der Waals surface area contributed by atoms with E-state index in [1.165, 1.54) is 0 Å². The summed E-state index contributed by atoms with van der Waals surface area (Å²) in [6.07, 6.45) is 3.75. The van der Waals surface area contributed by atoms with E-state index in [9.17, 15) is 4.79 Å². The van der Waals surface area contributed by atoms with Crippen LogP contribution < -0.4 is 4.90 Å². The van der Waals surface area contributed by atoms with Crippen molar-refractivity contribution in [1.82, 2.24) is 0 Å². The molecular formula is C19H29NO2U. The van der Waals surface area contributed by atoms with Gasteiger partial charge >= 0.3 is 37.1 Å². The molecule has 0 amide bonds. The van der Waals surface area contributed by atoms with Crippen molar-refractivity contribution in [1.29, 1.82) is 0 Å². The van der Waals surface area contributed by atoms with Crippen LogP contribution in [0.5, 0.6) is 0 Å². The molecule has 0 bridgehead atoms. The second kappa shape index (κ2) is 11.8. The standard InChI is InChI=1S/C17H24NO2.C2H5.U/c1-7-12-17(4,13(2)3)20-16(19)14-8-10-15(11-9-14)18(5)6;1-2;/h7-13H,2H2,1,3-6H3;1H2,2H3;/q2*-1;+2/b12-7+;;. The molecule has 0 aliphatic carbocycles. The number of esters is 1. The first-order valence-electron chi connectivity index (χ1n) is 7.48. The van der Waals surface area contributed by atoms with E-state index in [1.807, 2.05) is 64.1 Å². The van der Waals surface area contributed by atoms with Crippen LogP contribution in [-0.2, 0) is 4.74 Å². The van der Waals surface area contributed by atoms with Crippen LogP contribution in [0.15, 0.2) is 36.4 Å². The molecule has 0 aliphatic rings. The molecule has 0 N–H and O–H groups in total. The fourth-order valence-corrected chi connectivity index (χ4v) is 1.78. The quantitative estimate of drug-likeness (QED) is 0.311. The van der Waals surface area contributed by atoms with Crippen LogP contribution in [0.2, 0.25) is 0 Å². The van der Waals surface area contributed by atoms with Crippen molar-refractivity contribution >= 4 is 11.7 Å². The summed E-state index contributed by atoms with van der Waals surface area (Å²) in [7, 11) is 3.92. The van der Waals surface area contributed by atoms with E-state index in [0.29, 0.717) is 5.56 Å². The summed E-state index contributed by atoms with van der Waals surface area (Å²) >= 11 is 0. The summed E-state index contributed by atoms with van der Waals surface area (Å²) in [4.78, 5) is 14.2. The van der Waals surface area contributed by atoms with Crippen molar-refractivity contribution in [3.63, 3.8) is 0 Å². The smallest absolute Gasteiger partial charge is 0.454 e. The maximum absolute atomic E-state index is 12.2. The third-order valence-electron chi connectivity index (χ3n) is 3.41. The SMILES string of the molecule is [CH2-]C.[CH2-]C(C)C(C)(/C=C/C)OC(=O)c1ccc(N(C)C)cc1.[U+2]. The second-order valence-electron chi connectivity index (χ2n) is 5.42. The second-order valence-corrected chi connectivity index (χ2v) is 5.42. The Kier molecular flexibility index (Phi) is 12.5. The summed E-state index contributed by atoms with van der Waals surface area (Å²) in [5.74, 6) is -0.366. The van der Waals surface area contributed by atoms with E-state index >= 15 is 0 Å². The van der Waals surface area contributed by atoms with Gasteiger partial charge in [-0.2, -0.15) is 6.92 Å². The maximum atomic E-state index is 12.2. The molecule has 4 heteroatoms. The molecule has 2 atom stereocenters. The summed E-state index contributed by atoms with van der Waals surface area (Å²) in [5.41, 5.74) is 0.904. The monoisotopic (exact) mass is 541 g/mol. The maximum Gasteiger partial charge on any atom is 2.00 e. The minimum absolute atomic E-state index is 0. The Labute approximate surface area is 165 Å². The summed E-state index contributed by atoms with van der Waals surface area (Å²) in [5, 5.41) is 0. The van der Waals surface area contributed by atoms with Crippen molar-refractivity contribution in [2.75, 3.05) is 19.0 Å². The third kappa shape index (κ3) is 7.59. The Morgan fingerprint density at radius 2 is 1.74 bits per heavy atom. The molecule has 0 saturated heterocycles. The zero-order valence-electron chi connectivity index (χ0n) is 15.2. The molecule has 1 aromatic rings. The largest absolute Gasteiger partial charge is 2.00 e. The zero-order chi connectivity index (χ0) is 17.3. The van der Waals surface area contributed by atoms with Gasteiger partial charge in [0.1, 0.15) is 5.60 Å². The molecular weight excluding hydrogens is 512 g/mol. The van der Waals surface area contributed by atoms with Gasteiger partial charge in [0, 0.05) is 19.8 Å². The predicted octanol–water partition coefficient (Wildman–Crippen LogP) is 4.55. The molecule has 126 valence electrons. The predicted molar refractivity (Wildman–Crippen MR) is 95.0 cm³/mol. The number of rotatable bonds is 5. The van der Waals surface area contributed by atoms with Crippen molar-refractivity contribution in [2.45, 2.75) is 33.3 Å². The number of benzene rings is 1. The summed E-state index contributed by atoms with van der Waals surface area (Å²) < 4.78 is 5.62. The topological polar surface area (TPSA) is 29.5 Å². The molecule has 0 aromatic heterocycles. The molecule has 1 rings (SSSR count). The van der Waals surface area contributed by atoms with Crippen molar-refractivity contribution in [3.05, 3.63) is 55.8 Å². The fraction of sp³-hybridized carbons (Fsp3) is 0.421. The van der Waals surface area contributed by atoms with E-state index in [4.69, 9.17) is 4.74 Å². The normalized spacial score (nSPS) is 13.9. The van der Waals surface area contributed by atoms with E-state index in [1.54, 1.807) is 19.1 Å².